The van der Waals surface area contributed by atoms with Crippen LogP contribution in [0, 0.1) is 6.92 Å². The highest BCUT2D eigenvalue weighted by atomic mass is 79.9. The Kier molecular flexibility index (Phi) is 2.75. The molecular weight excluding hydrogens is 328 g/mol. The summed E-state index contributed by atoms with van der Waals surface area (Å²) in [6, 6.07) is 15.9. The van der Waals surface area contributed by atoms with Crippen molar-refractivity contribution >= 4 is 38.1 Å². The first kappa shape index (κ1) is 12.5. The van der Waals surface area contributed by atoms with E-state index < -0.39 is 0 Å². The highest BCUT2D eigenvalue weighted by molar-refractivity contribution is 9.10. The number of nitrogens with zero attached hydrogens (tertiary/aromatic N) is 4. The van der Waals surface area contributed by atoms with Crippen LogP contribution in [0.5, 0.6) is 0 Å². The Morgan fingerprint density at radius 2 is 1.57 bits per heavy atom. The zero-order valence-corrected chi connectivity index (χ0v) is 12.9. The zero-order valence-electron chi connectivity index (χ0n) is 11.3. The minimum atomic E-state index is 0.786. The van der Waals surface area contributed by atoms with E-state index in [1.54, 1.807) is 0 Å². The molecule has 0 aliphatic heterocycles. The summed E-state index contributed by atoms with van der Waals surface area (Å²) in [4.78, 5) is 9.41. The van der Waals surface area contributed by atoms with E-state index in [1.807, 2.05) is 60.1 Å². The lowest BCUT2D eigenvalue weighted by Crippen LogP contribution is -1.98. The SMILES string of the molecule is Cc1nn(-c2ccc(Br)cc2)c2nc3ccccc3nc12. The first-order chi connectivity index (χ1) is 10.2. The molecule has 0 unspecified atom stereocenters. The van der Waals surface area contributed by atoms with Crippen molar-refractivity contribution in [2.45, 2.75) is 6.92 Å². The molecule has 0 atom stereocenters. The Balaban J connectivity index is 2.05. The Morgan fingerprint density at radius 3 is 2.29 bits per heavy atom. The minimum Gasteiger partial charge on any atom is -0.241 e. The second kappa shape index (κ2) is 4.63. The Labute approximate surface area is 129 Å². The topological polar surface area (TPSA) is 43.6 Å². The van der Waals surface area contributed by atoms with E-state index in [0.29, 0.717) is 0 Å². The third-order valence-corrected chi connectivity index (χ3v) is 3.95. The number of benzene rings is 2. The average molecular weight is 339 g/mol. The third kappa shape index (κ3) is 2.01. The molecule has 2 aromatic carbocycles. The normalized spacial score (nSPS) is 11.3. The lowest BCUT2D eigenvalue weighted by Gasteiger charge is -2.03. The highest BCUT2D eigenvalue weighted by Gasteiger charge is 2.13. The van der Waals surface area contributed by atoms with Crippen molar-refractivity contribution in [1.29, 1.82) is 0 Å². The fourth-order valence-electron chi connectivity index (χ4n) is 2.39. The number of fused-ring (bicyclic) bond motifs is 2. The molecule has 0 bridgehead atoms. The van der Waals surface area contributed by atoms with Crippen LogP contribution in [-0.4, -0.2) is 19.7 Å². The van der Waals surface area contributed by atoms with Crippen LogP contribution < -0.4 is 0 Å². The molecule has 2 heterocycles. The van der Waals surface area contributed by atoms with Gasteiger partial charge in [-0.2, -0.15) is 5.10 Å². The lowest BCUT2D eigenvalue weighted by molar-refractivity contribution is 0.879. The van der Waals surface area contributed by atoms with E-state index in [0.717, 1.165) is 38.1 Å². The van der Waals surface area contributed by atoms with Gasteiger partial charge in [-0.05, 0) is 43.3 Å². The van der Waals surface area contributed by atoms with Gasteiger partial charge in [-0.25, -0.2) is 14.6 Å². The maximum absolute atomic E-state index is 4.72. The zero-order chi connectivity index (χ0) is 14.4. The fraction of sp³-hybridized carbons (Fsp3) is 0.0625. The quantitative estimate of drug-likeness (QED) is 0.526. The minimum absolute atomic E-state index is 0.786. The van der Waals surface area contributed by atoms with Gasteiger partial charge in [0.15, 0.2) is 5.65 Å². The molecule has 21 heavy (non-hydrogen) atoms. The van der Waals surface area contributed by atoms with E-state index >= 15 is 0 Å². The summed E-state index contributed by atoms with van der Waals surface area (Å²) in [6.07, 6.45) is 0. The summed E-state index contributed by atoms with van der Waals surface area (Å²) in [5.74, 6) is 0. The standard InChI is InChI=1S/C16H11BrN4/c1-10-15-16(19-14-5-3-2-4-13(14)18-15)21(20-10)12-8-6-11(17)7-9-12/h2-9H,1H3. The van der Waals surface area contributed by atoms with Gasteiger partial charge in [-0.15, -0.1) is 0 Å². The van der Waals surface area contributed by atoms with Gasteiger partial charge in [0.2, 0.25) is 0 Å². The first-order valence-electron chi connectivity index (χ1n) is 6.60. The lowest BCUT2D eigenvalue weighted by atomic mass is 10.3. The van der Waals surface area contributed by atoms with Gasteiger partial charge in [0.25, 0.3) is 0 Å². The van der Waals surface area contributed by atoms with Crippen LogP contribution in [0.3, 0.4) is 0 Å². The maximum Gasteiger partial charge on any atom is 0.182 e. The van der Waals surface area contributed by atoms with Gasteiger partial charge in [-0.3, -0.25) is 0 Å². The van der Waals surface area contributed by atoms with Crippen molar-refractivity contribution in [2.75, 3.05) is 0 Å². The van der Waals surface area contributed by atoms with Crippen molar-refractivity contribution < 1.29 is 0 Å². The molecule has 0 saturated heterocycles. The molecule has 4 nitrogen and oxygen atoms in total. The molecule has 4 rings (SSSR count). The summed E-state index contributed by atoms with van der Waals surface area (Å²) < 4.78 is 2.88. The first-order valence-corrected chi connectivity index (χ1v) is 7.40. The van der Waals surface area contributed by atoms with E-state index in [1.165, 1.54) is 0 Å². The summed E-state index contributed by atoms with van der Waals surface area (Å²) in [7, 11) is 0. The van der Waals surface area contributed by atoms with Crippen molar-refractivity contribution in [1.82, 2.24) is 19.7 Å². The molecule has 0 aliphatic carbocycles. The van der Waals surface area contributed by atoms with Gasteiger partial charge in [0.1, 0.15) is 5.52 Å². The van der Waals surface area contributed by atoms with E-state index in [4.69, 9.17) is 4.98 Å². The highest BCUT2D eigenvalue weighted by Crippen LogP contribution is 2.22. The molecule has 0 saturated carbocycles. The van der Waals surface area contributed by atoms with Crippen molar-refractivity contribution in [3.63, 3.8) is 0 Å². The van der Waals surface area contributed by atoms with E-state index in [9.17, 15) is 0 Å². The fourth-order valence-corrected chi connectivity index (χ4v) is 2.65. The van der Waals surface area contributed by atoms with Crippen LogP contribution in [0.25, 0.3) is 27.9 Å². The molecule has 4 aromatic rings. The van der Waals surface area contributed by atoms with Crippen LogP contribution in [0.4, 0.5) is 0 Å². The number of aromatic nitrogens is 4. The number of hydrogen-bond donors (Lipinski definition) is 0. The maximum atomic E-state index is 4.72. The van der Waals surface area contributed by atoms with E-state index in [2.05, 4.69) is 26.0 Å². The molecule has 0 N–H and O–H groups in total. The van der Waals surface area contributed by atoms with Crippen molar-refractivity contribution in [3.8, 4) is 5.69 Å². The number of para-hydroxylation sites is 2. The molecule has 0 radical (unpaired) electrons. The predicted molar refractivity (Wildman–Crippen MR) is 86.6 cm³/mol. The number of halogens is 1. The molecule has 5 heteroatoms. The monoisotopic (exact) mass is 338 g/mol. The van der Waals surface area contributed by atoms with Crippen LogP contribution in [0.15, 0.2) is 53.0 Å². The van der Waals surface area contributed by atoms with Crippen molar-refractivity contribution in [3.05, 3.63) is 58.7 Å². The second-order valence-electron chi connectivity index (χ2n) is 4.86. The van der Waals surface area contributed by atoms with Gasteiger partial charge in [-0.1, -0.05) is 28.1 Å². The predicted octanol–water partition coefficient (Wildman–Crippen LogP) is 4.04. The second-order valence-corrected chi connectivity index (χ2v) is 5.77. The van der Waals surface area contributed by atoms with Crippen molar-refractivity contribution in [2.24, 2.45) is 0 Å². The van der Waals surface area contributed by atoms with Gasteiger partial charge in [0, 0.05) is 4.47 Å². The van der Waals surface area contributed by atoms with Gasteiger partial charge < -0.3 is 0 Å². The molecule has 0 fully saturated rings. The van der Waals surface area contributed by atoms with Crippen LogP contribution in [0.1, 0.15) is 5.69 Å². The third-order valence-electron chi connectivity index (χ3n) is 3.42. The number of aryl methyl sites for hydroxylation is 1. The van der Waals surface area contributed by atoms with Gasteiger partial charge >= 0.3 is 0 Å². The van der Waals surface area contributed by atoms with Gasteiger partial charge in [0.05, 0.1) is 22.4 Å². The molecule has 2 aromatic heterocycles. The Bertz CT molecular complexity index is 957. The molecule has 102 valence electrons. The smallest absolute Gasteiger partial charge is 0.182 e. The summed E-state index contributed by atoms with van der Waals surface area (Å²) in [6.45, 7) is 1.96. The van der Waals surface area contributed by atoms with Crippen LogP contribution >= 0.6 is 15.9 Å². The van der Waals surface area contributed by atoms with E-state index in [-0.39, 0.29) is 0 Å². The molecule has 0 aliphatic rings. The average Bonchev–Trinajstić information content (AvgIpc) is 2.83. The summed E-state index contributed by atoms with van der Waals surface area (Å²) in [5.41, 5.74) is 5.25. The molecular formula is C16H11BrN4. The van der Waals surface area contributed by atoms with Crippen LogP contribution in [-0.2, 0) is 0 Å². The summed E-state index contributed by atoms with van der Waals surface area (Å²) >= 11 is 3.45. The molecule has 0 spiro atoms. The Hall–Kier alpha value is -2.27. The Morgan fingerprint density at radius 1 is 0.905 bits per heavy atom. The largest absolute Gasteiger partial charge is 0.241 e. The van der Waals surface area contributed by atoms with Crippen LogP contribution in [0.2, 0.25) is 0 Å². The number of rotatable bonds is 1. The molecule has 0 amide bonds. The summed E-state index contributed by atoms with van der Waals surface area (Å²) in [5, 5.41) is 4.59. The number of hydrogen-bond acceptors (Lipinski definition) is 3.